The van der Waals surface area contributed by atoms with Gasteiger partial charge in [0.1, 0.15) is 0 Å². The molecular weight excluding hydrogens is 182 g/mol. The largest absolute Gasteiger partial charge is 0.469 e. The van der Waals surface area contributed by atoms with Gasteiger partial charge in [-0.3, -0.25) is 4.79 Å². The first-order valence-electron chi connectivity index (χ1n) is 4.31. The maximum atomic E-state index is 11.5. The van der Waals surface area contributed by atoms with Crippen LogP contribution in [0.5, 0.6) is 5.75 Å². The minimum Gasteiger partial charge on any atom is -0.469 e. The number of carbonyl (C=O) groups excluding carboxylic acids is 1. The fourth-order valence-electron chi connectivity index (χ4n) is 1.26. The van der Waals surface area contributed by atoms with Gasteiger partial charge in [0.15, 0.2) is 11.4 Å². The maximum absolute atomic E-state index is 11.5. The van der Waals surface area contributed by atoms with E-state index in [4.69, 9.17) is 10.5 Å². The molecule has 4 N–H and O–H groups in total. The summed E-state index contributed by atoms with van der Waals surface area (Å²) in [6.45, 7) is 3.42. The summed E-state index contributed by atoms with van der Waals surface area (Å²) in [6, 6.07) is 3.41. The van der Waals surface area contributed by atoms with Crippen molar-refractivity contribution in [2.24, 2.45) is 0 Å². The number of nitrogens with one attached hydrogen (secondary N) is 2. The van der Waals surface area contributed by atoms with Crippen LogP contribution in [0.1, 0.15) is 13.8 Å². The number of H-pyrrole nitrogens is 1. The van der Waals surface area contributed by atoms with Crippen LogP contribution < -0.4 is 20.8 Å². The third-order valence-corrected chi connectivity index (χ3v) is 2.08. The maximum Gasteiger partial charge on any atom is 0.323 e. The Morgan fingerprint density at radius 1 is 1.50 bits per heavy atom. The van der Waals surface area contributed by atoms with E-state index in [9.17, 15) is 4.79 Å². The second-order valence-electron chi connectivity index (χ2n) is 3.72. The van der Waals surface area contributed by atoms with Crippen LogP contribution in [0.4, 0.5) is 11.6 Å². The first-order chi connectivity index (χ1) is 6.49. The molecule has 0 fully saturated rings. The summed E-state index contributed by atoms with van der Waals surface area (Å²) in [6.07, 6.45) is 0. The number of fused-ring (bicyclic) bond motifs is 1. The molecule has 2 heterocycles. The third-order valence-electron chi connectivity index (χ3n) is 2.08. The van der Waals surface area contributed by atoms with Gasteiger partial charge in [-0.2, -0.15) is 0 Å². The van der Waals surface area contributed by atoms with E-state index in [-0.39, 0.29) is 5.91 Å². The Hall–Kier alpha value is -1.78. The molecule has 74 valence electrons. The fourth-order valence-corrected chi connectivity index (χ4v) is 1.26. The lowest BCUT2D eigenvalue weighted by atomic mass is 10.1. The van der Waals surface area contributed by atoms with Gasteiger partial charge >= 0.3 is 5.91 Å². The van der Waals surface area contributed by atoms with Gasteiger partial charge in [-0.05, 0) is 19.9 Å². The van der Waals surface area contributed by atoms with Gasteiger partial charge in [0.2, 0.25) is 5.82 Å². The van der Waals surface area contributed by atoms with Gasteiger partial charge in [0, 0.05) is 6.07 Å². The van der Waals surface area contributed by atoms with Crippen LogP contribution in [-0.4, -0.2) is 11.5 Å². The molecule has 0 bridgehead atoms. The number of carbonyl (C=O) groups is 1. The van der Waals surface area contributed by atoms with E-state index >= 15 is 0 Å². The van der Waals surface area contributed by atoms with Crippen molar-refractivity contribution in [3.8, 4) is 5.75 Å². The lowest BCUT2D eigenvalue weighted by Gasteiger charge is -2.27. The summed E-state index contributed by atoms with van der Waals surface area (Å²) in [5, 5.41) is 2.69. The van der Waals surface area contributed by atoms with Crippen molar-refractivity contribution >= 4 is 17.5 Å². The van der Waals surface area contributed by atoms with Crippen LogP contribution in [0.2, 0.25) is 0 Å². The van der Waals surface area contributed by atoms with E-state index in [0.29, 0.717) is 17.4 Å². The summed E-state index contributed by atoms with van der Waals surface area (Å²) in [7, 11) is 0. The highest BCUT2D eigenvalue weighted by molar-refractivity contribution is 5.98. The minimum absolute atomic E-state index is 0.188. The zero-order valence-corrected chi connectivity index (χ0v) is 8.05. The molecule has 0 saturated carbocycles. The Kier molecular flexibility index (Phi) is 1.64. The van der Waals surface area contributed by atoms with Gasteiger partial charge in [-0.25, -0.2) is 10.3 Å². The number of ether oxygens (including phenoxy) is 1. The normalized spacial score (nSPS) is 18.0. The quantitative estimate of drug-likeness (QED) is 0.619. The van der Waals surface area contributed by atoms with Crippen LogP contribution in [-0.2, 0) is 4.79 Å². The van der Waals surface area contributed by atoms with E-state index in [1.54, 1.807) is 26.0 Å². The number of aromatic amines is 1. The average molecular weight is 194 g/mol. The number of nitrogen functional groups attached to an aromatic ring is 1. The van der Waals surface area contributed by atoms with Gasteiger partial charge in [-0.1, -0.05) is 0 Å². The number of hydrogen-bond acceptors (Lipinski definition) is 3. The molecule has 1 aromatic heterocycles. The molecule has 0 unspecified atom stereocenters. The van der Waals surface area contributed by atoms with Crippen LogP contribution in [0.15, 0.2) is 12.1 Å². The molecule has 2 rings (SSSR count). The predicted octanol–water partition coefficient (Wildman–Crippen LogP) is 0.192. The Morgan fingerprint density at radius 2 is 2.21 bits per heavy atom. The number of nitrogens with two attached hydrogens (primary N) is 1. The lowest BCUT2D eigenvalue weighted by Crippen LogP contribution is -2.47. The highest BCUT2D eigenvalue weighted by atomic mass is 16.5. The SMILES string of the molecule is CC1(C)Oc2ccc(N)[nH+]c2NC1=O. The molecule has 1 aliphatic heterocycles. The summed E-state index contributed by atoms with van der Waals surface area (Å²) in [5.41, 5.74) is 4.70. The Labute approximate surface area is 81.3 Å². The number of aromatic nitrogens is 1. The predicted molar refractivity (Wildman–Crippen MR) is 50.7 cm³/mol. The third kappa shape index (κ3) is 1.26. The van der Waals surface area contributed by atoms with Gasteiger partial charge in [0.05, 0.1) is 0 Å². The van der Waals surface area contributed by atoms with Crippen LogP contribution in [0.3, 0.4) is 0 Å². The van der Waals surface area contributed by atoms with E-state index in [2.05, 4.69) is 10.3 Å². The summed E-state index contributed by atoms with van der Waals surface area (Å²) in [4.78, 5) is 14.3. The number of pyridine rings is 1. The van der Waals surface area contributed by atoms with E-state index in [0.717, 1.165) is 0 Å². The molecule has 0 spiro atoms. The second-order valence-corrected chi connectivity index (χ2v) is 3.72. The standard InChI is InChI=1S/C9H11N3O2/c1-9(2)8(13)12-7-5(14-9)3-4-6(10)11-7/h3-4H,1-2H3,(H3,10,11,12,13)/p+1. The molecule has 0 aliphatic carbocycles. The van der Waals surface area contributed by atoms with E-state index < -0.39 is 5.60 Å². The highest BCUT2D eigenvalue weighted by Gasteiger charge is 2.39. The van der Waals surface area contributed by atoms with Crippen molar-refractivity contribution in [3.05, 3.63) is 12.1 Å². The van der Waals surface area contributed by atoms with E-state index in [1.807, 2.05) is 0 Å². The molecule has 14 heavy (non-hydrogen) atoms. The van der Waals surface area contributed by atoms with Crippen LogP contribution in [0.25, 0.3) is 0 Å². The summed E-state index contributed by atoms with van der Waals surface area (Å²) >= 11 is 0. The molecular formula is C9H12N3O2+. The molecule has 1 aromatic rings. The van der Waals surface area contributed by atoms with Crippen LogP contribution in [0, 0.1) is 0 Å². The van der Waals surface area contributed by atoms with Crippen molar-refractivity contribution in [1.82, 2.24) is 0 Å². The van der Waals surface area contributed by atoms with Crippen LogP contribution >= 0.6 is 0 Å². The van der Waals surface area contributed by atoms with Crippen molar-refractivity contribution in [3.63, 3.8) is 0 Å². The summed E-state index contributed by atoms with van der Waals surface area (Å²) < 4.78 is 5.49. The first-order valence-corrected chi connectivity index (χ1v) is 4.31. The average Bonchev–Trinajstić information content (AvgIpc) is 2.08. The zero-order chi connectivity index (χ0) is 10.3. The molecule has 0 saturated heterocycles. The van der Waals surface area contributed by atoms with Gasteiger partial charge < -0.3 is 10.5 Å². The van der Waals surface area contributed by atoms with E-state index in [1.165, 1.54) is 0 Å². The second kappa shape index (κ2) is 2.60. The number of amides is 1. The van der Waals surface area contributed by atoms with Crippen molar-refractivity contribution < 1.29 is 14.5 Å². The molecule has 1 aliphatic rings. The first kappa shape index (κ1) is 8.80. The molecule has 0 aromatic carbocycles. The van der Waals surface area contributed by atoms with Crippen molar-refractivity contribution in [2.75, 3.05) is 11.1 Å². The number of rotatable bonds is 0. The highest BCUT2D eigenvalue weighted by Crippen LogP contribution is 2.29. The smallest absolute Gasteiger partial charge is 0.323 e. The number of anilines is 2. The summed E-state index contributed by atoms with van der Waals surface area (Å²) in [5.74, 6) is 1.40. The molecule has 5 heteroatoms. The fraction of sp³-hybridized carbons (Fsp3) is 0.333. The minimum atomic E-state index is -0.836. The van der Waals surface area contributed by atoms with Gasteiger partial charge in [-0.15, -0.1) is 0 Å². The Bertz CT molecular complexity index is 401. The Balaban J connectivity index is 2.46. The van der Waals surface area contributed by atoms with Crippen molar-refractivity contribution in [2.45, 2.75) is 19.4 Å². The number of hydrogen-bond donors (Lipinski definition) is 2. The Morgan fingerprint density at radius 3 is 2.93 bits per heavy atom. The monoisotopic (exact) mass is 194 g/mol. The van der Waals surface area contributed by atoms with Crippen molar-refractivity contribution in [1.29, 1.82) is 0 Å². The zero-order valence-electron chi connectivity index (χ0n) is 8.05. The van der Waals surface area contributed by atoms with Gasteiger partial charge in [0.25, 0.3) is 5.82 Å². The molecule has 0 radical (unpaired) electrons. The molecule has 5 nitrogen and oxygen atoms in total. The molecule has 0 atom stereocenters. The topological polar surface area (TPSA) is 78.5 Å². The molecule has 1 amide bonds. The lowest BCUT2D eigenvalue weighted by molar-refractivity contribution is -0.345.